The first-order chi connectivity index (χ1) is 14.9. The third kappa shape index (κ3) is 6.08. The topological polar surface area (TPSA) is 75.7 Å². The molecular weight excluding hydrogens is 412 g/mol. The van der Waals surface area contributed by atoms with Crippen LogP contribution in [0.4, 0.5) is 0 Å². The number of carbonyl (C=O) groups is 1. The number of sulfonamides is 1. The molecule has 7 heteroatoms. The lowest BCUT2D eigenvalue weighted by Crippen LogP contribution is -2.32. The minimum absolute atomic E-state index is 0.139. The van der Waals surface area contributed by atoms with Crippen LogP contribution in [-0.4, -0.2) is 45.4 Å². The second-order valence-electron chi connectivity index (χ2n) is 8.03. The van der Waals surface area contributed by atoms with E-state index in [1.54, 1.807) is 6.07 Å². The predicted molar refractivity (Wildman–Crippen MR) is 122 cm³/mol. The van der Waals surface area contributed by atoms with Crippen molar-refractivity contribution in [2.75, 3.05) is 26.7 Å². The molecule has 3 rings (SSSR count). The molecular formula is C24H32N2O4S. The number of amides is 1. The Balaban J connectivity index is 1.67. The van der Waals surface area contributed by atoms with Gasteiger partial charge in [-0.25, -0.2) is 8.42 Å². The average molecular weight is 445 g/mol. The molecule has 0 aliphatic carbocycles. The number of rotatable bonds is 8. The molecule has 1 fully saturated rings. The molecule has 0 saturated carbocycles. The van der Waals surface area contributed by atoms with E-state index >= 15 is 0 Å². The molecule has 0 atom stereocenters. The van der Waals surface area contributed by atoms with Gasteiger partial charge in [0.25, 0.3) is 5.91 Å². The van der Waals surface area contributed by atoms with Gasteiger partial charge in [0.1, 0.15) is 5.75 Å². The minimum atomic E-state index is -3.63. The van der Waals surface area contributed by atoms with Crippen LogP contribution in [0.2, 0.25) is 0 Å². The van der Waals surface area contributed by atoms with Gasteiger partial charge < -0.3 is 10.1 Å². The number of carbonyl (C=O) groups excluding carboxylic acids is 1. The van der Waals surface area contributed by atoms with E-state index in [9.17, 15) is 13.2 Å². The highest BCUT2D eigenvalue weighted by atomic mass is 32.2. The third-order valence-corrected chi connectivity index (χ3v) is 7.56. The second kappa shape index (κ2) is 10.8. The number of aryl methyl sites for hydroxylation is 2. The van der Waals surface area contributed by atoms with Crippen molar-refractivity contribution >= 4 is 15.9 Å². The molecule has 0 unspecified atom stereocenters. The number of nitrogens with one attached hydrogen (secondary N) is 1. The van der Waals surface area contributed by atoms with E-state index in [1.807, 2.05) is 0 Å². The summed E-state index contributed by atoms with van der Waals surface area (Å²) in [6.07, 6.45) is 5.48. The smallest absolute Gasteiger partial charge is 0.255 e. The second-order valence-corrected chi connectivity index (χ2v) is 9.96. The van der Waals surface area contributed by atoms with Crippen molar-refractivity contribution in [3.8, 4) is 5.75 Å². The quantitative estimate of drug-likeness (QED) is 0.626. The van der Waals surface area contributed by atoms with Gasteiger partial charge in [-0.2, -0.15) is 4.31 Å². The van der Waals surface area contributed by atoms with Gasteiger partial charge in [0.05, 0.1) is 17.6 Å². The molecule has 1 amide bonds. The molecule has 1 heterocycles. The van der Waals surface area contributed by atoms with Gasteiger partial charge in [0, 0.05) is 19.6 Å². The molecule has 2 aromatic carbocycles. The summed E-state index contributed by atoms with van der Waals surface area (Å²) in [5.74, 6) is 0.0412. The standard InChI is InChI=1S/C24H32N2O4S/c1-19-9-11-20(12-10-19)8-7-15-25-24(27)22-18-21(13-14-23(22)30-2)31(28,29)26-16-5-3-4-6-17-26/h9-14,18H,3-8,15-17H2,1-2H3,(H,25,27). The highest BCUT2D eigenvalue weighted by Gasteiger charge is 2.27. The number of hydrogen-bond acceptors (Lipinski definition) is 4. The first kappa shape index (κ1) is 23.3. The predicted octanol–water partition coefficient (Wildman–Crippen LogP) is 3.93. The molecule has 168 valence electrons. The molecule has 0 bridgehead atoms. The van der Waals surface area contributed by atoms with Crippen LogP contribution in [0.15, 0.2) is 47.4 Å². The van der Waals surface area contributed by atoms with Crippen molar-refractivity contribution in [1.29, 1.82) is 0 Å². The summed E-state index contributed by atoms with van der Waals surface area (Å²) in [5.41, 5.74) is 2.69. The lowest BCUT2D eigenvalue weighted by atomic mass is 10.1. The van der Waals surface area contributed by atoms with Gasteiger partial charge in [-0.3, -0.25) is 4.79 Å². The van der Waals surface area contributed by atoms with Crippen molar-refractivity contribution in [2.24, 2.45) is 0 Å². The molecule has 1 aliphatic rings. The SMILES string of the molecule is COc1ccc(S(=O)(=O)N2CCCCCC2)cc1C(=O)NCCCc1ccc(C)cc1. The summed E-state index contributed by atoms with van der Waals surface area (Å²) in [4.78, 5) is 12.9. The molecule has 2 aromatic rings. The van der Waals surface area contributed by atoms with E-state index in [-0.39, 0.29) is 16.4 Å². The Labute approximate surface area is 185 Å². The molecule has 31 heavy (non-hydrogen) atoms. The van der Waals surface area contributed by atoms with Crippen molar-refractivity contribution < 1.29 is 17.9 Å². The zero-order chi connectivity index (χ0) is 22.3. The van der Waals surface area contributed by atoms with Gasteiger partial charge in [-0.1, -0.05) is 42.7 Å². The van der Waals surface area contributed by atoms with E-state index in [4.69, 9.17) is 4.74 Å². The van der Waals surface area contributed by atoms with Crippen LogP contribution < -0.4 is 10.1 Å². The first-order valence-electron chi connectivity index (χ1n) is 10.9. The zero-order valence-electron chi connectivity index (χ0n) is 18.4. The van der Waals surface area contributed by atoms with Crippen molar-refractivity contribution in [3.05, 3.63) is 59.2 Å². The van der Waals surface area contributed by atoms with Crippen LogP contribution in [0.5, 0.6) is 5.75 Å². The first-order valence-corrected chi connectivity index (χ1v) is 12.4. The van der Waals surface area contributed by atoms with Crippen molar-refractivity contribution in [2.45, 2.75) is 50.3 Å². The number of nitrogens with zero attached hydrogens (tertiary/aromatic N) is 1. The Morgan fingerprint density at radius 3 is 2.35 bits per heavy atom. The average Bonchev–Trinajstić information content (AvgIpc) is 3.07. The van der Waals surface area contributed by atoms with Gasteiger partial charge in [-0.05, 0) is 56.4 Å². The van der Waals surface area contributed by atoms with Gasteiger partial charge in [0.2, 0.25) is 10.0 Å². The number of methoxy groups -OCH3 is 1. The van der Waals surface area contributed by atoms with Gasteiger partial charge in [-0.15, -0.1) is 0 Å². The fourth-order valence-corrected chi connectivity index (χ4v) is 5.34. The summed E-state index contributed by atoms with van der Waals surface area (Å²) >= 11 is 0. The zero-order valence-corrected chi connectivity index (χ0v) is 19.2. The summed E-state index contributed by atoms with van der Waals surface area (Å²) in [6, 6.07) is 12.9. The van der Waals surface area contributed by atoms with Crippen LogP contribution >= 0.6 is 0 Å². The highest BCUT2D eigenvalue weighted by molar-refractivity contribution is 7.89. The Kier molecular flexibility index (Phi) is 8.09. The Morgan fingerprint density at radius 1 is 1.03 bits per heavy atom. The Hall–Kier alpha value is -2.38. The van der Waals surface area contributed by atoms with E-state index < -0.39 is 10.0 Å². The largest absolute Gasteiger partial charge is 0.496 e. The lowest BCUT2D eigenvalue weighted by Gasteiger charge is -2.20. The van der Waals surface area contributed by atoms with E-state index in [1.165, 1.54) is 34.7 Å². The third-order valence-electron chi connectivity index (χ3n) is 5.67. The van der Waals surface area contributed by atoms with Crippen molar-refractivity contribution in [3.63, 3.8) is 0 Å². The molecule has 1 saturated heterocycles. The fraction of sp³-hybridized carbons (Fsp3) is 0.458. The summed E-state index contributed by atoms with van der Waals surface area (Å²) in [6.45, 7) is 3.60. The van der Waals surface area contributed by atoms with Crippen LogP contribution in [0.3, 0.4) is 0 Å². The summed E-state index contributed by atoms with van der Waals surface area (Å²) < 4.78 is 33.1. The molecule has 1 N–H and O–H groups in total. The lowest BCUT2D eigenvalue weighted by molar-refractivity contribution is 0.0950. The van der Waals surface area contributed by atoms with Crippen LogP contribution in [-0.2, 0) is 16.4 Å². The van der Waals surface area contributed by atoms with E-state index in [2.05, 4.69) is 36.5 Å². The maximum atomic E-state index is 13.1. The monoisotopic (exact) mass is 444 g/mol. The molecule has 0 spiro atoms. The van der Waals surface area contributed by atoms with E-state index in [0.29, 0.717) is 25.4 Å². The van der Waals surface area contributed by atoms with Crippen molar-refractivity contribution in [1.82, 2.24) is 9.62 Å². The highest BCUT2D eigenvalue weighted by Crippen LogP contribution is 2.26. The maximum Gasteiger partial charge on any atom is 0.255 e. The minimum Gasteiger partial charge on any atom is -0.496 e. The summed E-state index contributed by atoms with van der Waals surface area (Å²) in [5, 5.41) is 2.90. The van der Waals surface area contributed by atoms with Gasteiger partial charge in [0.15, 0.2) is 0 Å². The molecule has 0 aromatic heterocycles. The van der Waals surface area contributed by atoms with Gasteiger partial charge >= 0.3 is 0 Å². The maximum absolute atomic E-state index is 13.1. The summed E-state index contributed by atoms with van der Waals surface area (Å²) in [7, 11) is -2.15. The van der Waals surface area contributed by atoms with E-state index in [0.717, 1.165) is 38.5 Å². The molecule has 6 nitrogen and oxygen atoms in total. The number of benzene rings is 2. The number of hydrogen-bond donors (Lipinski definition) is 1. The Bertz CT molecular complexity index is 979. The Morgan fingerprint density at radius 2 is 1.71 bits per heavy atom. The number of ether oxygens (including phenoxy) is 1. The van der Waals surface area contributed by atoms with Crippen LogP contribution in [0, 0.1) is 6.92 Å². The normalized spacial score (nSPS) is 15.3. The van der Waals surface area contributed by atoms with Crippen LogP contribution in [0.25, 0.3) is 0 Å². The fourth-order valence-electron chi connectivity index (χ4n) is 3.80. The molecule has 1 aliphatic heterocycles. The molecule has 0 radical (unpaired) electrons. The van der Waals surface area contributed by atoms with Crippen LogP contribution in [0.1, 0.15) is 53.6 Å².